The fourth-order valence-corrected chi connectivity index (χ4v) is 1.76. The number of ether oxygens (including phenoxy) is 2. The van der Waals surface area contributed by atoms with Crippen molar-refractivity contribution >= 4 is 0 Å². The van der Waals surface area contributed by atoms with E-state index in [-0.39, 0.29) is 12.4 Å². The zero-order chi connectivity index (χ0) is 8.39. The lowest BCUT2D eigenvalue weighted by Crippen LogP contribution is -2.30. The maximum Gasteiger partial charge on any atom is 0.160 e. The van der Waals surface area contributed by atoms with Crippen molar-refractivity contribution in [3.8, 4) is 0 Å². The van der Waals surface area contributed by atoms with Gasteiger partial charge in [0.1, 0.15) is 0 Å². The first-order valence-electron chi connectivity index (χ1n) is 4.77. The van der Waals surface area contributed by atoms with Crippen molar-refractivity contribution in [1.82, 2.24) is 0 Å². The molecule has 0 aromatic rings. The van der Waals surface area contributed by atoms with Crippen LogP contribution < -0.4 is 0 Å². The molecule has 1 saturated heterocycles. The monoisotopic (exact) mass is 172 g/mol. The lowest BCUT2D eigenvalue weighted by atomic mass is 9.80. The Kier molecular flexibility index (Phi) is 2.63. The van der Waals surface area contributed by atoms with Gasteiger partial charge in [0.15, 0.2) is 6.29 Å². The number of rotatable bonds is 3. The Bertz CT molecular complexity index is 139. The highest BCUT2D eigenvalue weighted by Crippen LogP contribution is 2.32. The van der Waals surface area contributed by atoms with Crippen LogP contribution in [-0.2, 0) is 9.47 Å². The van der Waals surface area contributed by atoms with Gasteiger partial charge >= 0.3 is 0 Å². The molecule has 2 fully saturated rings. The van der Waals surface area contributed by atoms with Crippen LogP contribution in [0.15, 0.2) is 0 Å². The van der Waals surface area contributed by atoms with Gasteiger partial charge < -0.3 is 14.6 Å². The third-order valence-corrected chi connectivity index (χ3v) is 2.82. The van der Waals surface area contributed by atoms with Crippen molar-refractivity contribution < 1.29 is 14.6 Å². The van der Waals surface area contributed by atoms with E-state index >= 15 is 0 Å². The summed E-state index contributed by atoms with van der Waals surface area (Å²) >= 11 is 0. The Morgan fingerprint density at radius 2 is 1.92 bits per heavy atom. The summed E-state index contributed by atoms with van der Waals surface area (Å²) < 4.78 is 10.5. The highest BCUT2D eigenvalue weighted by Gasteiger charge is 2.29. The summed E-state index contributed by atoms with van der Waals surface area (Å²) in [4.78, 5) is 0. The molecule has 1 aliphatic carbocycles. The zero-order valence-electron chi connectivity index (χ0n) is 7.24. The molecule has 1 atom stereocenters. The normalized spacial score (nSPS) is 28.8. The molecule has 3 nitrogen and oxygen atoms in total. The van der Waals surface area contributed by atoms with E-state index in [4.69, 9.17) is 9.47 Å². The summed E-state index contributed by atoms with van der Waals surface area (Å²) in [6, 6.07) is 0. The maximum absolute atomic E-state index is 9.67. The Morgan fingerprint density at radius 3 is 2.42 bits per heavy atom. The minimum atomic E-state index is -0.207. The molecule has 2 rings (SSSR count). The fourth-order valence-electron chi connectivity index (χ4n) is 1.76. The van der Waals surface area contributed by atoms with Crippen LogP contribution in [-0.4, -0.2) is 30.7 Å². The molecule has 1 unspecified atom stereocenters. The Morgan fingerprint density at radius 1 is 1.25 bits per heavy atom. The lowest BCUT2D eigenvalue weighted by Gasteiger charge is -2.31. The summed E-state index contributed by atoms with van der Waals surface area (Å²) in [7, 11) is 0. The summed E-state index contributed by atoms with van der Waals surface area (Å²) in [6.45, 7) is 1.37. The second-order valence-electron chi connectivity index (χ2n) is 3.67. The maximum atomic E-state index is 9.67. The van der Waals surface area contributed by atoms with Crippen LogP contribution in [0.2, 0.25) is 0 Å². The average molecular weight is 172 g/mol. The minimum absolute atomic E-state index is 0.138. The van der Waals surface area contributed by atoms with Crippen molar-refractivity contribution in [3.05, 3.63) is 0 Å². The fraction of sp³-hybridized carbons (Fsp3) is 1.00. The van der Waals surface area contributed by atoms with E-state index in [0.717, 1.165) is 0 Å². The van der Waals surface area contributed by atoms with Gasteiger partial charge in [0.05, 0.1) is 19.3 Å². The Labute approximate surface area is 72.7 Å². The third-order valence-electron chi connectivity index (χ3n) is 2.82. The van der Waals surface area contributed by atoms with Crippen LogP contribution in [0, 0.1) is 5.92 Å². The van der Waals surface area contributed by atoms with Crippen LogP contribution >= 0.6 is 0 Å². The van der Waals surface area contributed by atoms with Gasteiger partial charge in [0.25, 0.3) is 0 Å². The molecule has 3 heteroatoms. The van der Waals surface area contributed by atoms with Gasteiger partial charge in [-0.05, 0) is 18.8 Å². The van der Waals surface area contributed by atoms with Gasteiger partial charge in [-0.25, -0.2) is 0 Å². The molecule has 1 saturated carbocycles. The van der Waals surface area contributed by atoms with Gasteiger partial charge in [-0.1, -0.05) is 6.42 Å². The van der Waals surface area contributed by atoms with Gasteiger partial charge in [0.2, 0.25) is 0 Å². The standard InChI is InChI=1S/C9H16O3/c10-8(7-2-1-3-7)6-9-11-4-5-12-9/h7-10H,1-6H2. The first-order valence-corrected chi connectivity index (χ1v) is 4.77. The van der Waals surface area contributed by atoms with Gasteiger partial charge in [-0.2, -0.15) is 0 Å². The largest absolute Gasteiger partial charge is 0.393 e. The Balaban J connectivity index is 1.69. The number of aliphatic hydroxyl groups is 1. The third kappa shape index (κ3) is 1.79. The average Bonchev–Trinajstić information content (AvgIpc) is 2.34. The molecule has 1 aliphatic heterocycles. The predicted octanol–water partition coefficient (Wildman–Crippen LogP) is 0.910. The van der Waals surface area contributed by atoms with E-state index < -0.39 is 0 Å². The summed E-state index contributed by atoms with van der Waals surface area (Å²) in [5, 5.41) is 9.67. The van der Waals surface area contributed by atoms with Crippen molar-refractivity contribution in [3.63, 3.8) is 0 Å². The smallest absolute Gasteiger partial charge is 0.160 e. The molecule has 0 aromatic heterocycles. The van der Waals surface area contributed by atoms with E-state index in [9.17, 15) is 5.11 Å². The van der Waals surface area contributed by atoms with Crippen LogP contribution in [0.4, 0.5) is 0 Å². The number of hydrogen-bond donors (Lipinski definition) is 1. The molecule has 0 spiro atoms. The second kappa shape index (κ2) is 3.73. The molecule has 2 aliphatic rings. The molecule has 0 radical (unpaired) electrons. The second-order valence-corrected chi connectivity index (χ2v) is 3.67. The van der Waals surface area contributed by atoms with Crippen LogP contribution in [0.1, 0.15) is 25.7 Å². The van der Waals surface area contributed by atoms with E-state index in [0.29, 0.717) is 25.6 Å². The topological polar surface area (TPSA) is 38.7 Å². The molecule has 70 valence electrons. The highest BCUT2D eigenvalue weighted by molar-refractivity contribution is 4.78. The lowest BCUT2D eigenvalue weighted by molar-refractivity contribution is -0.0855. The summed E-state index contributed by atoms with van der Waals surface area (Å²) in [5.74, 6) is 0.512. The SMILES string of the molecule is OC(CC1OCCO1)C1CCC1. The van der Waals surface area contributed by atoms with E-state index in [2.05, 4.69) is 0 Å². The van der Waals surface area contributed by atoms with Crippen molar-refractivity contribution in [1.29, 1.82) is 0 Å². The summed E-state index contributed by atoms with van der Waals surface area (Å²) in [6.07, 6.45) is 3.93. The van der Waals surface area contributed by atoms with Crippen molar-refractivity contribution in [2.45, 2.75) is 38.1 Å². The molecule has 1 heterocycles. The van der Waals surface area contributed by atoms with Crippen molar-refractivity contribution in [2.24, 2.45) is 5.92 Å². The number of aliphatic hydroxyl groups excluding tert-OH is 1. The molecule has 0 bridgehead atoms. The van der Waals surface area contributed by atoms with E-state index in [1.54, 1.807) is 0 Å². The van der Waals surface area contributed by atoms with Gasteiger partial charge in [0, 0.05) is 6.42 Å². The number of hydrogen-bond acceptors (Lipinski definition) is 3. The van der Waals surface area contributed by atoms with E-state index in [1.807, 2.05) is 0 Å². The Hall–Kier alpha value is -0.120. The molecule has 0 aromatic carbocycles. The zero-order valence-corrected chi connectivity index (χ0v) is 7.24. The van der Waals surface area contributed by atoms with Crippen LogP contribution in [0.25, 0.3) is 0 Å². The van der Waals surface area contributed by atoms with E-state index in [1.165, 1.54) is 19.3 Å². The summed E-state index contributed by atoms with van der Waals surface area (Å²) in [5.41, 5.74) is 0. The highest BCUT2D eigenvalue weighted by atomic mass is 16.7. The predicted molar refractivity (Wildman–Crippen MR) is 43.7 cm³/mol. The quantitative estimate of drug-likeness (QED) is 0.687. The van der Waals surface area contributed by atoms with Gasteiger partial charge in [-0.3, -0.25) is 0 Å². The molecular formula is C9H16O3. The molecule has 0 amide bonds. The van der Waals surface area contributed by atoms with Crippen LogP contribution in [0.5, 0.6) is 0 Å². The minimum Gasteiger partial charge on any atom is -0.393 e. The molecular weight excluding hydrogens is 156 g/mol. The molecule has 12 heavy (non-hydrogen) atoms. The first-order chi connectivity index (χ1) is 5.86. The van der Waals surface area contributed by atoms with Crippen molar-refractivity contribution in [2.75, 3.05) is 13.2 Å². The van der Waals surface area contributed by atoms with Gasteiger partial charge in [-0.15, -0.1) is 0 Å². The first kappa shape index (κ1) is 8.48. The van der Waals surface area contributed by atoms with Crippen LogP contribution in [0.3, 0.4) is 0 Å². The molecule has 1 N–H and O–H groups in total.